The van der Waals surface area contributed by atoms with Crippen molar-refractivity contribution in [1.29, 1.82) is 0 Å². The number of hydrogen-bond acceptors (Lipinski definition) is 3. The third-order valence-electron chi connectivity index (χ3n) is 4.08. The van der Waals surface area contributed by atoms with E-state index in [-0.39, 0.29) is 6.04 Å². The Kier molecular flexibility index (Phi) is 3.75. The fourth-order valence-electron chi connectivity index (χ4n) is 2.77. The molecule has 120 valence electrons. The fraction of sp³-hybridized carbons (Fsp3) is 0.158. The average molecular weight is 317 g/mol. The van der Waals surface area contributed by atoms with Crippen molar-refractivity contribution in [2.24, 2.45) is 0 Å². The molecule has 24 heavy (non-hydrogen) atoms. The maximum Gasteiger partial charge on any atom is 0.201 e. The third-order valence-corrected chi connectivity index (χ3v) is 4.08. The number of H-pyrrole nitrogens is 1. The van der Waals surface area contributed by atoms with Crippen LogP contribution in [0, 0.1) is 0 Å². The number of aromatic amines is 1. The maximum atomic E-state index is 4.56. The van der Waals surface area contributed by atoms with Crippen LogP contribution in [0.15, 0.2) is 67.0 Å². The molecule has 0 bridgehead atoms. The second kappa shape index (κ2) is 6.20. The number of nitrogens with zero attached hydrogens (tertiary/aromatic N) is 3. The second-order valence-electron chi connectivity index (χ2n) is 5.93. The Labute approximate surface area is 140 Å². The second-order valence-corrected chi connectivity index (χ2v) is 5.93. The first-order valence-electron chi connectivity index (χ1n) is 8.05. The zero-order chi connectivity index (χ0) is 16.4. The lowest BCUT2D eigenvalue weighted by Crippen LogP contribution is -2.07. The molecule has 2 N–H and O–H groups in total. The highest BCUT2D eigenvalue weighted by molar-refractivity contribution is 5.77. The van der Waals surface area contributed by atoms with Crippen molar-refractivity contribution in [2.75, 3.05) is 5.32 Å². The van der Waals surface area contributed by atoms with E-state index in [9.17, 15) is 0 Å². The van der Waals surface area contributed by atoms with Crippen LogP contribution in [0.4, 0.5) is 5.95 Å². The number of rotatable bonds is 5. The van der Waals surface area contributed by atoms with E-state index in [0.717, 1.165) is 29.1 Å². The minimum absolute atomic E-state index is 0.120. The molecular formula is C19H19N5. The van der Waals surface area contributed by atoms with Gasteiger partial charge in [-0.1, -0.05) is 42.5 Å². The van der Waals surface area contributed by atoms with Gasteiger partial charge in [0.15, 0.2) is 0 Å². The van der Waals surface area contributed by atoms with Gasteiger partial charge in [-0.2, -0.15) is 5.10 Å². The predicted octanol–water partition coefficient (Wildman–Crippen LogP) is 3.98. The molecule has 0 saturated carbocycles. The van der Waals surface area contributed by atoms with Crippen LogP contribution in [-0.4, -0.2) is 19.7 Å². The molecule has 0 aliphatic carbocycles. The summed E-state index contributed by atoms with van der Waals surface area (Å²) in [6.07, 6.45) is 3.98. The number of benzene rings is 2. The molecule has 1 atom stereocenters. The first kappa shape index (κ1) is 14.5. The Morgan fingerprint density at radius 3 is 2.71 bits per heavy atom. The van der Waals surface area contributed by atoms with Gasteiger partial charge in [0.05, 0.1) is 29.8 Å². The number of anilines is 1. The monoisotopic (exact) mass is 317 g/mol. The summed E-state index contributed by atoms with van der Waals surface area (Å²) in [5, 5.41) is 7.87. The molecule has 4 rings (SSSR count). The van der Waals surface area contributed by atoms with Crippen LogP contribution in [0.3, 0.4) is 0 Å². The normalized spacial score (nSPS) is 12.4. The van der Waals surface area contributed by atoms with Gasteiger partial charge in [-0.3, -0.25) is 4.68 Å². The molecule has 5 nitrogen and oxygen atoms in total. The Balaban J connectivity index is 1.47. The molecule has 2 heterocycles. The van der Waals surface area contributed by atoms with E-state index < -0.39 is 0 Å². The average Bonchev–Trinajstić information content (AvgIpc) is 3.22. The molecule has 0 radical (unpaired) electrons. The molecule has 0 aliphatic rings. The standard InChI is InChI=1S/C19H19N5/c1-14(21-19-22-17-9-5-6-10-18(17)23-19)16-11-20-24(13-16)12-15-7-3-2-4-8-15/h2-11,13-14H,12H2,1H3,(H2,21,22,23). The van der Waals surface area contributed by atoms with Crippen molar-refractivity contribution in [3.05, 3.63) is 78.1 Å². The van der Waals surface area contributed by atoms with Gasteiger partial charge in [-0.05, 0) is 24.6 Å². The van der Waals surface area contributed by atoms with Crippen molar-refractivity contribution < 1.29 is 0 Å². The third kappa shape index (κ3) is 3.01. The highest BCUT2D eigenvalue weighted by Gasteiger charge is 2.10. The van der Waals surface area contributed by atoms with Crippen LogP contribution < -0.4 is 5.32 Å². The fourth-order valence-corrected chi connectivity index (χ4v) is 2.77. The van der Waals surface area contributed by atoms with E-state index in [1.807, 2.05) is 53.3 Å². The molecule has 1 unspecified atom stereocenters. The van der Waals surface area contributed by atoms with Gasteiger partial charge >= 0.3 is 0 Å². The van der Waals surface area contributed by atoms with E-state index >= 15 is 0 Å². The summed E-state index contributed by atoms with van der Waals surface area (Å²) in [6.45, 7) is 2.88. The quantitative estimate of drug-likeness (QED) is 0.585. The Morgan fingerprint density at radius 1 is 1.08 bits per heavy atom. The predicted molar refractivity (Wildman–Crippen MR) is 95.9 cm³/mol. The smallest absolute Gasteiger partial charge is 0.201 e. The summed E-state index contributed by atoms with van der Waals surface area (Å²) in [5.74, 6) is 0.777. The minimum atomic E-state index is 0.120. The summed E-state index contributed by atoms with van der Waals surface area (Å²) in [5.41, 5.74) is 4.37. The number of para-hydroxylation sites is 2. The van der Waals surface area contributed by atoms with Gasteiger partial charge in [-0.25, -0.2) is 4.98 Å². The van der Waals surface area contributed by atoms with Crippen LogP contribution in [0.1, 0.15) is 24.1 Å². The van der Waals surface area contributed by atoms with Crippen LogP contribution in [0.2, 0.25) is 0 Å². The van der Waals surface area contributed by atoms with E-state index in [1.54, 1.807) is 0 Å². The van der Waals surface area contributed by atoms with E-state index in [2.05, 4.69) is 45.6 Å². The molecule has 2 aromatic carbocycles. The van der Waals surface area contributed by atoms with E-state index in [1.165, 1.54) is 5.56 Å². The zero-order valence-corrected chi connectivity index (χ0v) is 13.5. The lowest BCUT2D eigenvalue weighted by atomic mass is 10.2. The first-order valence-corrected chi connectivity index (χ1v) is 8.05. The Hall–Kier alpha value is -3.08. The molecule has 4 aromatic rings. The number of nitrogens with one attached hydrogen (secondary N) is 2. The van der Waals surface area contributed by atoms with Gasteiger partial charge in [0, 0.05) is 11.8 Å². The summed E-state index contributed by atoms with van der Waals surface area (Å²) in [6, 6.07) is 18.5. The minimum Gasteiger partial charge on any atom is -0.349 e. The van der Waals surface area contributed by atoms with Gasteiger partial charge in [0.2, 0.25) is 5.95 Å². The summed E-state index contributed by atoms with van der Waals surface area (Å²) >= 11 is 0. The van der Waals surface area contributed by atoms with Gasteiger partial charge in [0.1, 0.15) is 0 Å². The molecule has 5 heteroatoms. The van der Waals surface area contributed by atoms with Crippen LogP contribution in [-0.2, 0) is 6.54 Å². The highest BCUT2D eigenvalue weighted by Crippen LogP contribution is 2.19. The molecular weight excluding hydrogens is 298 g/mol. The largest absolute Gasteiger partial charge is 0.349 e. The lowest BCUT2D eigenvalue weighted by molar-refractivity contribution is 0.685. The lowest BCUT2D eigenvalue weighted by Gasteiger charge is -2.10. The van der Waals surface area contributed by atoms with Crippen molar-refractivity contribution in [2.45, 2.75) is 19.5 Å². The molecule has 0 amide bonds. The van der Waals surface area contributed by atoms with Gasteiger partial charge in [-0.15, -0.1) is 0 Å². The molecule has 0 spiro atoms. The summed E-state index contributed by atoms with van der Waals surface area (Å²) in [4.78, 5) is 7.85. The number of fused-ring (bicyclic) bond motifs is 1. The zero-order valence-electron chi connectivity index (χ0n) is 13.5. The van der Waals surface area contributed by atoms with Crippen molar-refractivity contribution in [3.63, 3.8) is 0 Å². The van der Waals surface area contributed by atoms with Crippen LogP contribution >= 0.6 is 0 Å². The van der Waals surface area contributed by atoms with Gasteiger partial charge in [0.25, 0.3) is 0 Å². The molecule has 0 saturated heterocycles. The number of hydrogen-bond donors (Lipinski definition) is 2. The Bertz CT molecular complexity index is 905. The molecule has 2 aromatic heterocycles. The van der Waals surface area contributed by atoms with Crippen molar-refractivity contribution in [1.82, 2.24) is 19.7 Å². The molecule has 0 fully saturated rings. The first-order chi connectivity index (χ1) is 11.8. The summed E-state index contributed by atoms with van der Waals surface area (Å²) in [7, 11) is 0. The SMILES string of the molecule is CC(Nc1nc2ccccc2[nH]1)c1cnn(Cc2ccccc2)c1. The molecule has 0 aliphatic heterocycles. The van der Waals surface area contributed by atoms with E-state index in [4.69, 9.17) is 0 Å². The highest BCUT2D eigenvalue weighted by atomic mass is 15.3. The number of imidazole rings is 1. The van der Waals surface area contributed by atoms with E-state index in [0.29, 0.717) is 0 Å². The summed E-state index contributed by atoms with van der Waals surface area (Å²) < 4.78 is 1.96. The topological polar surface area (TPSA) is 58.5 Å². The van der Waals surface area contributed by atoms with Crippen molar-refractivity contribution >= 4 is 17.0 Å². The van der Waals surface area contributed by atoms with Crippen LogP contribution in [0.25, 0.3) is 11.0 Å². The van der Waals surface area contributed by atoms with Crippen molar-refractivity contribution in [3.8, 4) is 0 Å². The Morgan fingerprint density at radius 2 is 1.88 bits per heavy atom. The maximum absolute atomic E-state index is 4.56. The van der Waals surface area contributed by atoms with Crippen LogP contribution in [0.5, 0.6) is 0 Å². The van der Waals surface area contributed by atoms with Gasteiger partial charge < -0.3 is 10.3 Å². The number of aromatic nitrogens is 4.